The van der Waals surface area contributed by atoms with Crippen molar-refractivity contribution in [2.24, 2.45) is 0 Å². The maximum Gasteiger partial charge on any atom is 0.416 e. The minimum atomic E-state index is -4.34. The summed E-state index contributed by atoms with van der Waals surface area (Å²) >= 11 is 0. The molecule has 0 aliphatic heterocycles. The van der Waals surface area contributed by atoms with Crippen molar-refractivity contribution in [3.63, 3.8) is 0 Å². The lowest BCUT2D eigenvalue weighted by Crippen LogP contribution is -2.04. The number of aliphatic hydroxyl groups is 1. The van der Waals surface area contributed by atoms with Crippen molar-refractivity contribution in [1.29, 1.82) is 0 Å². The number of aromatic amines is 1. The lowest BCUT2D eigenvalue weighted by atomic mass is 10.2. The van der Waals surface area contributed by atoms with Gasteiger partial charge < -0.3 is 10.1 Å². The third kappa shape index (κ3) is 2.81. The number of hydrogen-bond donors (Lipinski definition) is 2. The van der Waals surface area contributed by atoms with Gasteiger partial charge in [-0.05, 0) is 31.0 Å². The average Bonchev–Trinajstić information content (AvgIpc) is 2.69. The van der Waals surface area contributed by atoms with Crippen LogP contribution in [0.2, 0.25) is 0 Å². The van der Waals surface area contributed by atoms with Gasteiger partial charge in [-0.2, -0.15) is 13.2 Å². The molecule has 0 bridgehead atoms. The quantitative estimate of drug-likeness (QED) is 0.828. The Bertz CT molecular complexity index is 534. The summed E-state index contributed by atoms with van der Waals surface area (Å²) in [6, 6.07) is 3.46. The molecule has 0 unspecified atom stereocenters. The highest BCUT2D eigenvalue weighted by Gasteiger charge is 2.30. The summed E-state index contributed by atoms with van der Waals surface area (Å²) in [6.07, 6.45) is -2.31. The number of alkyl halides is 3. The van der Waals surface area contributed by atoms with Gasteiger partial charge in [0, 0.05) is 13.0 Å². The van der Waals surface area contributed by atoms with E-state index in [9.17, 15) is 13.2 Å². The van der Waals surface area contributed by atoms with Crippen LogP contribution in [0.1, 0.15) is 24.2 Å². The molecule has 2 N–H and O–H groups in total. The number of aromatic nitrogens is 2. The molecular weight excluding hydrogens is 245 g/mol. The number of fused-ring (bicyclic) bond motifs is 1. The van der Waals surface area contributed by atoms with Gasteiger partial charge >= 0.3 is 6.18 Å². The van der Waals surface area contributed by atoms with Crippen LogP contribution in [-0.2, 0) is 12.6 Å². The third-order valence-corrected chi connectivity index (χ3v) is 2.68. The van der Waals surface area contributed by atoms with Crippen molar-refractivity contribution < 1.29 is 18.3 Å². The van der Waals surface area contributed by atoms with Gasteiger partial charge in [0.2, 0.25) is 0 Å². The van der Waals surface area contributed by atoms with Crippen molar-refractivity contribution in [3.8, 4) is 0 Å². The molecule has 0 saturated heterocycles. The second-order valence-electron chi connectivity index (χ2n) is 4.09. The van der Waals surface area contributed by atoms with Gasteiger partial charge in [-0.1, -0.05) is 0 Å². The van der Waals surface area contributed by atoms with Crippen molar-refractivity contribution in [1.82, 2.24) is 9.97 Å². The monoisotopic (exact) mass is 258 g/mol. The van der Waals surface area contributed by atoms with Crippen LogP contribution in [0, 0.1) is 0 Å². The van der Waals surface area contributed by atoms with E-state index in [0.717, 1.165) is 18.6 Å². The number of nitrogens with one attached hydrogen (secondary N) is 1. The summed E-state index contributed by atoms with van der Waals surface area (Å²) in [5, 5.41) is 8.65. The van der Waals surface area contributed by atoms with Crippen molar-refractivity contribution in [3.05, 3.63) is 29.6 Å². The number of aryl methyl sites for hydroxylation is 1. The molecule has 6 heteroatoms. The van der Waals surface area contributed by atoms with Gasteiger partial charge in [0.05, 0.1) is 16.6 Å². The Kier molecular flexibility index (Phi) is 3.56. The van der Waals surface area contributed by atoms with Crippen molar-refractivity contribution in [2.75, 3.05) is 6.61 Å². The van der Waals surface area contributed by atoms with E-state index >= 15 is 0 Å². The van der Waals surface area contributed by atoms with Crippen molar-refractivity contribution >= 4 is 11.0 Å². The topological polar surface area (TPSA) is 48.9 Å². The molecule has 1 aromatic heterocycles. The second-order valence-corrected chi connectivity index (χ2v) is 4.09. The molecule has 2 aromatic rings. The fourth-order valence-corrected chi connectivity index (χ4v) is 1.76. The smallest absolute Gasteiger partial charge is 0.396 e. The van der Waals surface area contributed by atoms with Crippen LogP contribution in [0.5, 0.6) is 0 Å². The van der Waals surface area contributed by atoms with E-state index in [-0.39, 0.29) is 6.61 Å². The summed E-state index contributed by atoms with van der Waals surface area (Å²) in [5.41, 5.74) is 0.242. The largest absolute Gasteiger partial charge is 0.416 e. The molecule has 0 amide bonds. The molecule has 0 atom stereocenters. The normalized spacial score (nSPS) is 12.2. The Labute approximate surface area is 102 Å². The first kappa shape index (κ1) is 12.9. The van der Waals surface area contributed by atoms with Gasteiger partial charge in [-0.3, -0.25) is 0 Å². The predicted octanol–water partition coefficient (Wildman–Crippen LogP) is 2.90. The standard InChI is InChI=1S/C12H13F3N2O/c13-12(14,15)8-4-5-9-10(7-8)17-11(16-9)3-1-2-6-18/h4-5,7,18H,1-3,6H2,(H,16,17). The van der Waals surface area contributed by atoms with E-state index in [4.69, 9.17) is 5.11 Å². The molecule has 1 heterocycles. The van der Waals surface area contributed by atoms with Gasteiger partial charge in [-0.15, -0.1) is 0 Å². The Balaban J connectivity index is 2.23. The number of H-pyrrole nitrogens is 1. The number of rotatable bonds is 4. The SMILES string of the molecule is OCCCCc1nc2ccc(C(F)(F)F)cc2[nH]1. The first-order valence-corrected chi connectivity index (χ1v) is 5.67. The van der Waals surface area contributed by atoms with Gasteiger partial charge in [0.1, 0.15) is 5.82 Å². The van der Waals surface area contributed by atoms with Crippen LogP contribution in [0.25, 0.3) is 11.0 Å². The highest BCUT2D eigenvalue weighted by Crippen LogP contribution is 2.30. The van der Waals surface area contributed by atoms with E-state index in [1.54, 1.807) is 0 Å². The highest BCUT2D eigenvalue weighted by atomic mass is 19.4. The van der Waals surface area contributed by atoms with Crippen LogP contribution in [0.3, 0.4) is 0 Å². The Morgan fingerprint density at radius 3 is 2.67 bits per heavy atom. The Morgan fingerprint density at radius 1 is 1.22 bits per heavy atom. The maximum absolute atomic E-state index is 12.5. The minimum absolute atomic E-state index is 0.110. The zero-order valence-corrected chi connectivity index (χ0v) is 9.59. The van der Waals surface area contributed by atoms with E-state index < -0.39 is 11.7 Å². The Hall–Kier alpha value is -1.56. The number of imidazole rings is 1. The van der Waals surface area contributed by atoms with Crippen molar-refractivity contribution in [2.45, 2.75) is 25.4 Å². The third-order valence-electron chi connectivity index (χ3n) is 2.68. The minimum Gasteiger partial charge on any atom is -0.396 e. The van der Waals surface area contributed by atoms with Crippen LogP contribution in [0.15, 0.2) is 18.2 Å². The molecular formula is C12H13F3N2O. The molecule has 98 valence electrons. The molecule has 0 radical (unpaired) electrons. The summed E-state index contributed by atoms with van der Waals surface area (Å²) in [5.74, 6) is 0.651. The first-order chi connectivity index (χ1) is 8.50. The maximum atomic E-state index is 12.5. The van der Waals surface area contributed by atoms with Gasteiger partial charge in [-0.25, -0.2) is 4.98 Å². The zero-order chi connectivity index (χ0) is 13.2. The van der Waals surface area contributed by atoms with E-state index in [2.05, 4.69) is 9.97 Å². The molecule has 0 spiro atoms. The molecule has 1 aromatic carbocycles. The van der Waals surface area contributed by atoms with Gasteiger partial charge in [0.15, 0.2) is 0 Å². The zero-order valence-electron chi connectivity index (χ0n) is 9.59. The lowest BCUT2D eigenvalue weighted by molar-refractivity contribution is -0.137. The average molecular weight is 258 g/mol. The number of nitrogens with zero attached hydrogens (tertiary/aromatic N) is 1. The first-order valence-electron chi connectivity index (χ1n) is 5.67. The van der Waals surface area contributed by atoms with E-state index in [0.29, 0.717) is 29.7 Å². The fourth-order valence-electron chi connectivity index (χ4n) is 1.76. The lowest BCUT2D eigenvalue weighted by Gasteiger charge is -2.05. The number of unbranched alkanes of at least 4 members (excludes halogenated alkanes) is 1. The second kappa shape index (κ2) is 4.97. The Morgan fingerprint density at radius 2 is 2.00 bits per heavy atom. The number of halogens is 3. The number of hydrogen-bond acceptors (Lipinski definition) is 2. The number of benzene rings is 1. The predicted molar refractivity (Wildman–Crippen MR) is 61.1 cm³/mol. The van der Waals surface area contributed by atoms with Crippen LogP contribution >= 0.6 is 0 Å². The summed E-state index contributed by atoms with van der Waals surface area (Å²) in [4.78, 5) is 7.08. The molecule has 0 aliphatic carbocycles. The summed E-state index contributed by atoms with van der Waals surface area (Å²) in [7, 11) is 0. The van der Waals surface area contributed by atoms with Crippen LogP contribution in [0.4, 0.5) is 13.2 Å². The summed E-state index contributed by atoms with van der Waals surface area (Å²) in [6.45, 7) is 0.110. The molecule has 0 saturated carbocycles. The molecule has 0 fully saturated rings. The highest BCUT2D eigenvalue weighted by molar-refractivity contribution is 5.76. The number of aliphatic hydroxyl groups excluding tert-OH is 1. The molecule has 18 heavy (non-hydrogen) atoms. The molecule has 2 rings (SSSR count). The van der Waals surface area contributed by atoms with E-state index in [1.807, 2.05) is 0 Å². The molecule has 0 aliphatic rings. The van der Waals surface area contributed by atoms with Crippen LogP contribution < -0.4 is 0 Å². The summed E-state index contributed by atoms with van der Waals surface area (Å²) < 4.78 is 37.5. The van der Waals surface area contributed by atoms with Gasteiger partial charge in [0.25, 0.3) is 0 Å². The molecule has 3 nitrogen and oxygen atoms in total. The van der Waals surface area contributed by atoms with Crippen LogP contribution in [-0.4, -0.2) is 21.7 Å². The van der Waals surface area contributed by atoms with E-state index in [1.165, 1.54) is 6.07 Å². The fraction of sp³-hybridized carbons (Fsp3) is 0.417.